The van der Waals surface area contributed by atoms with E-state index < -0.39 is 21.7 Å². The van der Waals surface area contributed by atoms with Crippen LogP contribution in [0.15, 0.2) is 28.4 Å². The molecule has 0 heterocycles. The van der Waals surface area contributed by atoms with E-state index in [0.717, 1.165) is 31.3 Å². The molecule has 0 spiro atoms. The van der Waals surface area contributed by atoms with Gasteiger partial charge in [0.2, 0.25) is 5.91 Å². The Kier molecular flexibility index (Phi) is 6.88. The lowest BCUT2D eigenvalue weighted by Gasteiger charge is -2.63. The molecule has 6 atom stereocenters. The van der Waals surface area contributed by atoms with Crippen LogP contribution in [-0.4, -0.2) is 17.5 Å². The van der Waals surface area contributed by atoms with Gasteiger partial charge in [0.25, 0.3) is 0 Å². The maximum Gasteiger partial charge on any atom is 0.225 e. The van der Waals surface area contributed by atoms with Crippen LogP contribution in [0.3, 0.4) is 0 Å². The number of fused-ring (bicyclic) bond motifs is 3. The van der Waals surface area contributed by atoms with Gasteiger partial charge in [-0.3, -0.25) is 14.4 Å². The van der Waals surface area contributed by atoms with Crippen LogP contribution < -0.4 is 0 Å². The zero-order chi connectivity index (χ0) is 29.2. The van der Waals surface area contributed by atoms with E-state index in [-0.39, 0.29) is 45.7 Å². The van der Waals surface area contributed by atoms with Crippen LogP contribution in [0.25, 0.3) is 10.4 Å². The highest BCUT2D eigenvalue weighted by Gasteiger charge is 2.63. The fourth-order valence-electron chi connectivity index (χ4n) is 9.36. The summed E-state index contributed by atoms with van der Waals surface area (Å²) in [7, 11) is 0. The van der Waals surface area contributed by atoms with E-state index in [4.69, 9.17) is 5.53 Å². The summed E-state index contributed by atoms with van der Waals surface area (Å²) in [4.78, 5) is 42.9. The molecule has 0 N–H and O–H groups in total. The Labute approximate surface area is 233 Å². The van der Waals surface area contributed by atoms with Crippen molar-refractivity contribution in [3.63, 3.8) is 0 Å². The average molecular weight is 533 g/mol. The zero-order valence-corrected chi connectivity index (χ0v) is 25.0. The van der Waals surface area contributed by atoms with Gasteiger partial charge >= 0.3 is 0 Å². The number of Topliss-reactive ketones (excluding diaryl/α,β-unsaturated/α-hetero) is 1. The van der Waals surface area contributed by atoms with Gasteiger partial charge in [0.1, 0.15) is 6.07 Å². The third-order valence-electron chi connectivity index (χ3n) is 12.0. The summed E-state index contributed by atoms with van der Waals surface area (Å²) in [5.41, 5.74) is 7.66. The van der Waals surface area contributed by atoms with Crippen molar-refractivity contribution in [1.29, 1.82) is 5.26 Å². The van der Waals surface area contributed by atoms with Gasteiger partial charge in [0.15, 0.2) is 11.6 Å². The third-order valence-corrected chi connectivity index (χ3v) is 12.0. The number of allylic oxidation sites excluding steroid dienone is 4. The maximum atomic E-state index is 13.4. The normalized spacial score (nSPS) is 40.7. The molecule has 0 aromatic rings. The first-order valence-corrected chi connectivity index (χ1v) is 14.5. The predicted octanol–water partition coefficient (Wildman–Crippen LogP) is 7.82. The van der Waals surface area contributed by atoms with E-state index in [9.17, 15) is 19.6 Å². The van der Waals surface area contributed by atoms with E-state index in [0.29, 0.717) is 25.7 Å². The molecule has 1 amide bonds. The van der Waals surface area contributed by atoms with Gasteiger partial charge in [-0.1, -0.05) is 67.0 Å². The molecule has 0 aromatic heterocycles. The van der Waals surface area contributed by atoms with Crippen molar-refractivity contribution in [2.24, 2.45) is 49.4 Å². The first-order chi connectivity index (χ1) is 17.9. The fraction of sp³-hybridized carbons (Fsp3) is 0.750. The number of carbonyl (C=O) groups excluding carboxylic acids is 3. The van der Waals surface area contributed by atoms with Crippen LogP contribution in [0.5, 0.6) is 0 Å². The first-order valence-electron chi connectivity index (χ1n) is 14.5. The summed E-state index contributed by atoms with van der Waals surface area (Å²) >= 11 is 0. The molecule has 39 heavy (non-hydrogen) atoms. The fourth-order valence-corrected chi connectivity index (χ4v) is 9.36. The number of amides is 1. The van der Waals surface area contributed by atoms with Crippen molar-refractivity contribution in [1.82, 2.24) is 0 Å². The topological polar surface area (TPSA) is 124 Å². The predicted molar refractivity (Wildman–Crippen MR) is 150 cm³/mol. The number of nitrogens with zero attached hydrogens (tertiary/aromatic N) is 4. The molecule has 7 heteroatoms. The molecule has 0 bridgehead atoms. The van der Waals surface area contributed by atoms with Crippen molar-refractivity contribution in [3.05, 3.63) is 33.7 Å². The lowest BCUT2D eigenvalue weighted by molar-refractivity contribution is -0.138. The van der Waals surface area contributed by atoms with Crippen molar-refractivity contribution in [2.45, 2.75) is 107 Å². The lowest BCUT2D eigenvalue weighted by Crippen LogP contribution is -2.58. The van der Waals surface area contributed by atoms with Gasteiger partial charge in [0.05, 0.1) is 5.57 Å². The minimum Gasteiger partial charge on any atom is -0.295 e. The van der Waals surface area contributed by atoms with Crippen molar-refractivity contribution in [3.8, 4) is 6.07 Å². The molecule has 0 saturated heterocycles. The van der Waals surface area contributed by atoms with Gasteiger partial charge in [-0.05, 0) is 89.7 Å². The van der Waals surface area contributed by atoms with E-state index >= 15 is 0 Å². The van der Waals surface area contributed by atoms with Crippen LogP contribution in [0.2, 0.25) is 0 Å². The second-order valence-electron chi connectivity index (χ2n) is 15.1. The zero-order valence-electron chi connectivity index (χ0n) is 25.0. The molecule has 0 aliphatic heterocycles. The van der Waals surface area contributed by atoms with Crippen LogP contribution >= 0.6 is 0 Å². The molecule has 1 unspecified atom stereocenters. The Hall–Kier alpha value is -2.71. The second kappa shape index (κ2) is 9.16. The van der Waals surface area contributed by atoms with Crippen LogP contribution in [0, 0.1) is 55.7 Å². The summed E-state index contributed by atoms with van der Waals surface area (Å²) in [5, 5.41) is 13.5. The summed E-state index contributed by atoms with van der Waals surface area (Å²) < 4.78 is 0. The number of carbonyl (C=O) groups is 3. The van der Waals surface area contributed by atoms with Crippen molar-refractivity contribution in [2.75, 3.05) is 0 Å². The van der Waals surface area contributed by atoms with E-state index in [2.05, 4.69) is 57.6 Å². The molecular formula is C32H44N4O3. The first kappa shape index (κ1) is 29.3. The van der Waals surface area contributed by atoms with Crippen molar-refractivity contribution >= 4 is 17.5 Å². The highest BCUT2D eigenvalue weighted by molar-refractivity contribution is 6.04. The van der Waals surface area contributed by atoms with Gasteiger partial charge < -0.3 is 0 Å². The lowest BCUT2D eigenvalue weighted by atomic mass is 9.40. The molecule has 2 fully saturated rings. The Morgan fingerprint density at radius 2 is 1.77 bits per heavy atom. The van der Waals surface area contributed by atoms with E-state index in [1.54, 1.807) is 6.08 Å². The van der Waals surface area contributed by atoms with Gasteiger partial charge in [-0.2, -0.15) is 5.26 Å². The third kappa shape index (κ3) is 4.22. The molecule has 2 saturated carbocycles. The van der Waals surface area contributed by atoms with Gasteiger partial charge in [0, 0.05) is 27.6 Å². The number of rotatable bonds is 4. The van der Waals surface area contributed by atoms with Crippen LogP contribution in [-0.2, 0) is 14.4 Å². The number of hydrogen-bond donors (Lipinski definition) is 0. The van der Waals surface area contributed by atoms with Crippen LogP contribution in [0.4, 0.5) is 0 Å². The number of azide groups is 1. The molecule has 7 nitrogen and oxygen atoms in total. The highest BCUT2D eigenvalue weighted by Crippen LogP contribution is 2.69. The monoisotopic (exact) mass is 532 g/mol. The number of nitriles is 1. The van der Waals surface area contributed by atoms with E-state index in [1.165, 1.54) is 0 Å². The highest BCUT2D eigenvalue weighted by atomic mass is 16.2. The smallest absolute Gasteiger partial charge is 0.225 e. The van der Waals surface area contributed by atoms with Crippen molar-refractivity contribution < 1.29 is 14.4 Å². The SMILES string of the molecule is CC1CC(C)(C)CC[C@@]1(CC[C@]1(C)CC(=O)C=C2[C@@]3(C)C=C(C#N)C(=O)C(C)(C)[C@@H]3CC[C@]21C)C(=O)N=[N+]=[N-]. The minimum absolute atomic E-state index is 0.0115. The number of ketones is 2. The molecular weight excluding hydrogens is 488 g/mol. The Morgan fingerprint density at radius 1 is 1.10 bits per heavy atom. The standard InChI is InChI=1S/C32H44N4O3/c1-20-16-27(2,3)11-13-32(20,26(39)35-36-34)14-12-29(6)18-22(37)15-24-30(7)17-21(19-33)25(38)28(4,5)23(30)9-10-31(24,29)8/h15,17,20,23H,9-14,16,18H2,1-8H3/t20?,23-,29+,30-,31+,32-/m0/s1. The minimum atomic E-state index is -0.736. The molecule has 4 rings (SSSR count). The van der Waals surface area contributed by atoms with Gasteiger partial charge in [-0.25, -0.2) is 0 Å². The van der Waals surface area contributed by atoms with Crippen LogP contribution in [0.1, 0.15) is 107 Å². The quantitative estimate of drug-likeness (QED) is 0.208. The Morgan fingerprint density at radius 3 is 2.36 bits per heavy atom. The number of hydrogen-bond acceptors (Lipinski definition) is 4. The average Bonchev–Trinajstić information content (AvgIpc) is 2.82. The summed E-state index contributed by atoms with van der Waals surface area (Å²) in [5.74, 6) is -0.382. The molecule has 210 valence electrons. The maximum absolute atomic E-state index is 13.4. The Bertz CT molecular complexity index is 1280. The largest absolute Gasteiger partial charge is 0.295 e. The molecule has 4 aliphatic rings. The second-order valence-corrected chi connectivity index (χ2v) is 15.1. The Balaban J connectivity index is 1.76. The molecule has 0 radical (unpaired) electrons. The molecule has 0 aromatic carbocycles. The summed E-state index contributed by atoms with van der Waals surface area (Å²) in [6.45, 7) is 17.0. The summed E-state index contributed by atoms with van der Waals surface area (Å²) in [6.07, 6.45) is 9.33. The molecule has 4 aliphatic carbocycles. The van der Waals surface area contributed by atoms with E-state index in [1.807, 2.05) is 19.9 Å². The summed E-state index contributed by atoms with van der Waals surface area (Å²) in [6, 6.07) is 2.14. The van der Waals surface area contributed by atoms with Gasteiger partial charge in [-0.15, -0.1) is 0 Å².